The highest BCUT2D eigenvalue weighted by molar-refractivity contribution is 6.01. The average molecular weight is 385 g/mol. The Morgan fingerprint density at radius 2 is 2.00 bits per heavy atom. The van der Waals surface area contributed by atoms with E-state index in [2.05, 4.69) is 4.99 Å². The van der Waals surface area contributed by atoms with Crippen LogP contribution in [0.3, 0.4) is 0 Å². The van der Waals surface area contributed by atoms with Crippen molar-refractivity contribution in [1.29, 1.82) is 0 Å². The first kappa shape index (κ1) is 19.7. The highest BCUT2D eigenvalue weighted by atomic mass is 16.5. The molecular weight excluding hydrogens is 362 g/mol. The van der Waals surface area contributed by atoms with Crippen LogP contribution in [0.1, 0.15) is 18.1 Å². The van der Waals surface area contributed by atoms with Crippen molar-refractivity contribution >= 4 is 11.9 Å². The van der Waals surface area contributed by atoms with Crippen molar-refractivity contribution in [2.45, 2.75) is 19.1 Å². The number of carbonyl (C=O) groups is 1. The SMILES string of the molecule is COCCOc1ccc(C2=NC(C)(C(=O)OCc3ccccc3)CO2)c(O)c1. The summed E-state index contributed by atoms with van der Waals surface area (Å²) in [4.78, 5) is 16.9. The molecule has 0 bridgehead atoms. The Hall–Kier alpha value is -3.06. The van der Waals surface area contributed by atoms with E-state index in [9.17, 15) is 9.90 Å². The number of rotatable bonds is 8. The van der Waals surface area contributed by atoms with Crippen LogP contribution in [0.25, 0.3) is 0 Å². The summed E-state index contributed by atoms with van der Waals surface area (Å²) < 4.78 is 21.3. The molecule has 1 unspecified atom stereocenters. The molecule has 0 radical (unpaired) electrons. The van der Waals surface area contributed by atoms with Gasteiger partial charge < -0.3 is 24.1 Å². The van der Waals surface area contributed by atoms with Gasteiger partial charge in [0.1, 0.15) is 31.3 Å². The zero-order valence-corrected chi connectivity index (χ0v) is 15.9. The van der Waals surface area contributed by atoms with Gasteiger partial charge in [-0.05, 0) is 24.6 Å². The summed E-state index contributed by atoms with van der Waals surface area (Å²) in [5.41, 5.74) is 0.118. The van der Waals surface area contributed by atoms with E-state index in [1.54, 1.807) is 26.2 Å². The highest BCUT2D eigenvalue weighted by Gasteiger charge is 2.41. The summed E-state index contributed by atoms with van der Waals surface area (Å²) in [5.74, 6) is 0.169. The summed E-state index contributed by atoms with van der Waals surface area (Å²) in [6, 6.07) is 14.2. The molecule has 7 nitrogen and oxygen atoms in total. The zero-order chi connectivity index (χ0) is 20.0. The molecule has 7 heteroatoms. The van der Waals surface area contributed by atoms with Gasteiger partial charge in [-0.25, -0.2) is 9.79 Å². The summed E-state index contributed by atoms with van der Waals surface area (Å²) >= 11 is 0. The highest BCUT2D eigenvalue weighted by Crippen LogP contribution is 2.30. The normalized spacial score (nSPS) is 18.3. The van der Waals surface area contributed by atoms with Crippen molar-refractivity contribution < 1.29 is 28.8 Å². The lowest BCUT2D eigenvalue weighted by molar-refractivity contribution is -0.151. The fourth-order valence-corrected chi connectivity index (χ4v) is 2.64. The molecule has 28 heavy (non-hydrogen) atoms. The van der Waals surface area contributed by atoms with Crippen LogP contribution >= 0.6 is 0 Å². The monoisotopic (exact) mass is 385 g/mol. The number of hydrogen-bond acceptors (Lipinski definition) is 7. The number of phenols is 1. The first-order valence-corrected chi connectivity index (χ1v) is 8.91. The molecule has 0 fully saturated rings. The zero-order valence-electron chi connectivity index (χ0n) is 15.9. The minimum absolute atomic E-state index is 0.0431. The third kappa shape index (κ3) is 4.61. The molecule has 0 saturated carbocycles. The van der Waals surface area contributed by atoms with E-state index in [-0.39, 0.29) is 24.9 Å². The van der Waals surface area contributed by atoms with Gasteiger partial charge in [0.25, 0.3) is 0 Å². The third-order valence-corrected chi connectivity index (χ3v) is 4.25. The van der Waals surface area contributed by atoms with Crippen LogP contribution in [-0.2, 0) is 25.6 Å². The average Bonchev–Trinajstić information content (AvgIpc) is 3.10. The van der Waals surface area contributed by atoms with E-state index in [0.29, 0.717) is 24.5 Å². The van der Waals surface area contributed by atoms with E-state index in [4.69, 9.17) is 18.9 Å². The maximum absolute atomic E-state index is 12.5. The molecule has 0 aliphatic carbocycles. The molecule has 2 aromatic carbocycles. The Balaban J connectivity index is 1.67. The van der Waals surface area contributed by atoms with E-state index < -0.39 is 11.5 Å². The van der Waals surface area contributed by atoms with Gasteiger partial charge in [-0.1, -0.05) is 30.3 Å². The number of methoxy groups -OCH3 is 1. The number of phenolic OH excluding ortho intramolecular Hbond substituents is 1. The van der Waals surface area contributed by atoms with E-state index >= 15 is 0 Å². The Morgan fingerprint density at radius 3 is 2.71 bits per heavy atom. The van der Waals surface area contributed by atoms with Crippen LogP contribution in [0.2, 0.25) is 0 Å². The van der Waals surface area contributed by atoms with Gasteiger partial charge in [-0.2, -0.15) is 0 Å². The Labute approximate surface area is 163 Å². The fraction of sp³-hybridized carbons (Fsp3) is 0.333. The molecule has 3 rings (SSSR count). The summed E-state index contributed by atoms with van der Waals surface area (Å²) in [6.45, 7) is 2.67. The van der Waals surface area contributed by atoms with Crippen LogP contribution in [0.15, 0.2) is 53.5 Å². The molecular formula is C21H23NO6. The van der Waals surface area contributed by atoms with Crippen molar-refractivity contribution in [3.05, 3.63) is 59.7 Å². The number of hydrogen-bond donors (Lipinski definition) is 1. The fourth-order valence-electron chi connectivity index (χ4n) is 2.64. The Kier molecular flexibility index (Phi) is 6.16. The summed E-state index contributed by atoms with van der Waals surface area (Å²) in [7, 11) is 1.58. The minimum Gasteiger partial charge on any atom is -0.507 e. The number of nitrogens with zero attached hydrogens (tertiary/aromatic N) is 1. The standard InChI is InChI=1S/C21H23NO6/c1-21(20(24)27-13-15-6-4-3-5-7-15)14-28-19(22-21)17-9-8-16(12-18(17)23)26-11-10-25-2/h3-9,12,23H,10-11,13-14H2,1-2H3. The molecule has 1 aliphatic rings. The molecule has 1 N–H and O–H groups in total. The lowest BCUT2D eigenvalue weighted by Gasteiger charge is -2.16. The molecule has 1 heterocycles. The van der Waals surface area contributed by atoms with E-state index in [0.717, 1.165) is 5.56 Å². The molecule has 1 atom stereocenters. The number of esters is 1. The van der Waals surface area contributed by atoms with Crippen LogP contribution in [0.4, 0.5) is 0 Å². The maximum Gasteiger partial charge on any atom is 0.337 e. The number of aliphatic imine (C=N–C) groups is 1. The molecule has 0 amide bonds. The van der Waals surface area contributed by atoms with Gasteiger partial charge in [0, 0.05) is 13.2 Å². The minimum atomic E-state index is -1.16. The predicted octanol–water partition coefficient (Wildman–Crippen LogP) is 2.70. The number of carbonyl (C=O) groups excluding carboxylic acids is 1. The predicted molar refractivity (Wildman–Crippen MR) is 103 cm³/mol. The molecule has 2 aromatic rings. The van der Waals surface area contributed by atoms with Gasteiger partial charge >= 0.3 is 5.97 Å². The lowest BCUT2D eigenvalue weighted by Crippen LogP contribution is -2.36. The molecule has 0 spiro atoms. The second kappa shape index (κ2) is 8.75. The van der Waals surface area contributed by atoms with Gasteiger partial charge in [0.2, 0.25) is 5.90 Å². The van der Waals surface area contributed by atoms with Gasteiger partial charge in [-0.15, -0.1) is 0 Å². The second-order valence-electron chi connectivity index (χ2n) is 6.56. The second-order valence-corrected chi connectivity index (χ2v) is 6.56. The summed E-state index contributed by atoms with van der Waals surface area (Å²) in [5, 5.41) is 10.3. The van der Waals surface area contributed by atoms with Gasteiger partial charge in [-0.3, -0.25) is 0 Å². The van der Waals surface area contributed by atoms with Crippen LogP contribution < -0.4 is 4.74 Å². The van der Waals surface area contributed by atoms with Crippen molar-refractivity contribution in [2.75, 3.05) is 26.9 Å². The number of benzene rings is 2. The lowest BCUT2D eigenvalue weighted by atomic mass is 10.1. The smallest absolute Gasteiger partial charge is 0.337 e. The van der Waals surface area contributed by atoms with Crippen LogP contribution in [0, 0.1) is 0 Å². The molecule has 148 valence electrons. The van der Waals surface area contributed by atoms with Gasteiger partial charge in [0.05, 0.1) is 12.2 Å². The largest absolute Gasteiger partial charge is 0.507 e. The first-order chi connectivity index (χ1) is 13.5. The topological polar surface area (TPSA) is 86.6 Å². The molecule has 1 aliphatic heterocycles. The Bertz CT molecular complexity index is 851. The number of ether oxygens (including phenoxy) is 4. The van der Waals surface area contributed by atoms with Crippen molar-refractivity contribution in [2.24, 2.45) is 4.99 Å². The molecule has 0 saturated heterocycles. The van der Waals surface area contributed by atoms with Crippen molar-refractivity contribution in [3.8, 4) is 11.5 Å². The van der Waals surface area contributed by atoms with E-state index in [1.807, 2.05) is 30.3 Å². The van der Waals surface area contributed by atoms with Crippen LogP contribution in [0.5, 0.6) is 11.5 Å². The quantitative estimate of drug-likeness (QED) is 0.555. The maximum atomic E-state index is 12.5. The molecule has 0 aromatic heterocycles. The van der Waals surface area contributed by atoms with Crippen molar-refractivity contribution in [3.63, 3.8) is 0 Å². The van der Waals surface area contributed by atoms with E-state index in [1.165, 1.54) is 6.07 Å². The van der Waals surface area contributed by atoms with Gasteiger partial charge in [0.15, 0.2) is 5.54 Å². The van der Waals surface area contributed by atoms with Crippen molar-refractivity contribution in [1.82, 2.24) is 0 Å². The third-order valence-electron chi connectivity index (χ3n) is 4.25. The first-order valence-electron chi connectivity index (χ1n) is 8.91. The summed E-state index contributed by atoms with van der Waals surface area (Å²) in [6.07, 6.45) is 0. The van der Waals surface area contributed by atoms with Crippen LogP contribution in [-0.4, -0.2) is 49.4 Å². The Morgan fingerprint density at radius 1 is 1.21 bits per heavy atom. The number of aromatic hydroxyl groups is 1.